The lowest BCUT2D eigenvalue weighted by Crippen LogP contribution is -1.98. The number of fused-ring (bicyclic) bond motifs is 1. The summed E-state index contributed by atoms with van der Waals surface area (Å²) in [7, 11) is 0. The topological polar surface area (TPSA) is 38.0 Å². The Morgan fingerprint density at radius 3 is 2.84 bits per heavy atom. The van der Waals surface area contributed by atoms with E-state index < -0.39 is 0 Å². The number of hydrogen-bond donors (Lipinski definition) is 1. The first kappa shape index (κ1) is 11.9. The van der Waals surface area contributed by atoms with Crippen LogP contribution in [0.25, 0.3) is 10.9 Å². The maximum absolute atomic E-state index is 9.43. The molecule has 0 saturated carbocycles. The van der Waals surface area contributed by atoms with Crippen molar-refractivity contribution in [2.45, 2.75) is 20.1 Å². The minimum absolute atomic E-state index is 0.0690. The lowest BCUT2D eigenvalue weighted by molar-refractivity contribution is 0.283. The van der Waals surface area contributed by atoms with Crippen molar-refractivity contribution in [3.63, 3.8) is 0 Å². The molecule has 0 aliphatic carbocycles. The van der Waals surface area contributed by atoms with Gasteiger partial charge in [-0.25, -0.2) is 0 Å². The van der Waals surface area contributed by atoms with Gasteiger partial charge in [-0.05, 0) is 24.1 Å². The molecule has 0 saturated heterocycles. The van der Waals surface area contributed by atoms with Crippen LogP contribution in [0, 0.1) is 6.92 Å². The number of aliphatic hydroxyl groups is 1. The molecule has 0 aliphatic rings. The maximum atomic E-state index is 9.43. The zero-order valence-electron chi connectivity index (χ0n) is 10.9. The standard InChI is InChI=1S/C16H16N2O/c1-12-6-13(8-17-7-12)9-18-10-14(11-19)15-4-2-3-5-16(15)18/h2-8,10,19H,9,11H2,1H3. The first-order chi connectivity index (χ1) is 9.28. The lowest BCUT2D eigenvalue weighted by atomic mass is 10.2. The van der Waals surface area contributed by atoms with Crippen LogP contribution < -0.4 is 0 Å². The van der Waals surface area contributed by atoms with Gasteiger partial charge in [0.15, 0.2) is 0 Å². The molecule has 2 aromatic heterocycles. The first-order valence-electron chi connectivity index (χ1n) is 6.36. The highest BCUT2D eigenvalue weighted by Crippen LogP contribution is 2.22. The molecule has 3 rings (SSSR count). The molecular formula is C16H16N2O. The van der Waals surface area contributed by atoms with Crippen molar-refractivity contribution in [2.24, 2.45) is 0 Å². The number of hydrogen-bond acceptors (Lipinski definition) is 2. The summed E-state index contributed by atoms with van der Waals surface area (Å²) in [4.78, 5) is 4.22. The van der Waals surface area contributed by atoms with Gasteiger partial charge < -0.3 is 9.67 Å². The van der Waals surface area contributed by atoms with Crippen LogP contribution in [0.2, 0.25) is 0 Å². The molecule has 0 atom stereocenters. The predicted octanol–water partition coefficient (Wildman–Crippen LogP) is 2.89. The summed E-state index contributed by atoms with van der Waals surface area (Å²) in [5.41, 5.74) is 4.45. The van der Waals surface area contributed by atoms with Gasteiger partial charge in [0.1, 0.15) is 0 Å². The molecule has 0 radical (unpaired) electrons. The van der Waals surface area contributed by atoms with Gasteiger partial charge in [0.25, 0.3) is 0 Å². The van der Waals surface area contributed by atoms with E-state index in [0.717, 1.165) is 28.6 Å². The van der Waals surface area contributed by atoms with Gasteiger partial charge in [-0.1, -0.05) is 24.3 Å². The summed E-state index contributed by atoms with van der Waals surface area (Å²) in [6.07, 6.45) is 5.77. The minimum atomic E-state index is 0.0690. The van der Waals surface area contributed by atoms with Crippen molar-refractivity contribution in [1.82, 2.24) is 9.55 Å². The zero-order valence-corrected chi connectivity index (χ0v) is 10.9. The SMILES string of the molecule is Cc1cncc(Cn2cc(CO)c3ccccc32)c1. The summed E-state index contributed by atoms with van der Waals surface area (Å²) in [6.45, 7) is 2.89. The molecule has 0 bridgehead atoms. The third kappa shape index (κ3) is 2.25. The quantitative estimate of drug-likeness (QED) is 0.778. The highest BCUT2D eigenvalue weighted by molar-refractivity contribution is 5.83. The number of benzene rings is 1. The predicted molar refractivity (Wildman–Crippen MR) is 75.9 cm³/mol. The van der Waals surface area contributed by atoms with E-state index >= 15 is 0 Å². The Kier molecular flexibility index (Phi) is 3.05. The van der Waals surface area contributed by atoms with Gasteiger partial charge in [0.05, 0.1) is 6.61 Å². The molecule has 0 unspecified atom stereocenters. The molecule has 0 amide bonds. The summed E-state index contributed by atoms with van der Waals surface area (Å²) in [6, 6.07) is 10.3. The smallest absolute Gasteiger partial charge is 0.0702 e. The summed E-state index contributed by atoms with van der Waals surface area (Å²) in [5.74, 6) is 0. The van der Waals surface area contributed by atoms with Crippen LogP contribution in [0.1, 0.15) is 16.7 Å². The Morgan fingerprint density at radius 2 is 2.05 bits per heavy atom. The summed E-state index contributed by atoms with van der Waals surface area (Å²) >= 11 is 0. The van der Waals surface area contributed by atoms with E-state index in [-0.39, 0.29) is 6.61 Å². The first-order valence-corrected chi connectivity index (χ1v) is 6.36. The van der Waals surface area contributed by atoms with Crippen LogP contribution in [0.5, 0.6) is 0 Å². The molecule has 3 nitrogen and oxygen atoms in total. The molecule has 3 heteroatoms. The highest BCUT2D eigenvalue weighted by Gasteiger charge is 2.07. The second kappa shape index (κ2) is 4.86. The Balaban J connectivity index is 2.06. The zero-order chi connectivity index (χ0) is 13.2. The third-order valence-electron chi connectivity index (χ3n) is 3.33. The molecule has 2 heterocycles. The van der Waals surface area contributed by atoms with Gasteiger partial charge in [-0.3, -0.25) is 4.98 Å². The molecule has 96 valence electrons. The van der Waals surface area contributed by atoms with Crippen LogP contribution in [-0.4, -0.2) is 14.7 Å². The van der Waals surface area contributed by atoms with E-state index in [0.29, 0.717) is 0 Å². The van der Waals surface area contributed by atoms with E-state index in [9.17, 15) is 5.11 Å². The number of nitrogens with zero attached hydrogens (tertiary/aromatic N) is 2. The van der Waals surface area contributed by atoms with Crippen LogP contribution in [0.15, 0.2) is 48.9 Å². The van der Waals surface area contributed by atoms with Crippen molar-refractivity contribution in [2.75, 3.05) is 0 Å². The van der Waals surface area contributed by atoms with E-state index in [1.807, 2.05) is 43.7 Å². The Labute approximate surface area is 112 Å². The molecule has 19 heavy (non-hydrogen) atoms. The number of aromatic nitrogens is 2. The fraction of sp³-hybridized carbons (Fsp3) is 0.188. The van der Waals surface area contributed by atoms with Crippen molar-refractivity contribution in [3.05, 3.63) is 65.6 Å². The highest BCUT2D eigenvalue weighted by atomic mass is 16.3. The van der Waals surface area contributed by atoms with E-state index in [1.54, 1.807) is 0 Å². The lowest BCUT2D eigenvalue weighted by Gasteiger charge is -2.05. The van der Waals surface area contributed by atoms with Crippen LogP contribution in [0.4, 0.5) is 0 Å². The fourth-order valence-corrected chi connectivity index (χ4v) is 2.48. The Morgan fingerprint density at radius 1 is 1.21 bits per heavy atom. The molecule has 0 aliphatic heterocycles. The minimum Gasteiger partial charge on any atom is -0.392 e. The normalized spacial score (nSPS) is 11.1. The average molecular weight is 252 g/mol. The van der Waals surface area contributed by atoms with Crippen LogP contribution in [0.3, 0.4) is 0 Å². The van der Waals surface area contributed by atoms with Gasteiger partial charge in [0, 0.05) is 41.6 Å². The van der Waals surface area contributed by atoms with Crippen LogP contribution >= 0.6 is 0 Å². The van der Waals surface area contributed by atoms with Gasteiger partial charge >= 0.3 is 0 Å². The maximum Gasteiger partial charge on any atom is 0.0702 e. The average Bonchev–Trinajstić information content (AvgIpc) is 2.77. The fourth-order valence-electron chi connectivity index (χ4n) is 2.48. The van der Waals surface area contributed by atoms with E-state index in [1.165, 1.54) is 5.56 Å². The monoisotopic (exact) mass is 252 g/mol. The number of aliphatic hydroxyl groups excluding tert-OH is 1. The third-order valence-corrected chi connectivity index (χ3v) is 3.33. The number of pyridine rings is 1. The van der Waals surface area contributed by atoms with Crippen molar-refractivity contribution in [1.29, 1.82) is 0 Å². The van der Waals surface area contributed by atoms with E-state index in [4.69, 9.17) is 0 Å². The number of rotatable bonds is 3. The van der Waals surface area contributed by atoms with Gasteiger partial charge in [-0.15, -0.1) is 0 Å². The molecule has 3 aromatic rings. The van der Waals surface area contributed by atoms with Gasteiger partial charge in [-0.2, -0.15) is 0 Å². The van der Waals surface area contributed by atoms with Crippen LogP contribution in [-0.2, 0) is 13.2 Å². The second-order valence-corrected chi connectivity index (χ2v) is 4.83. The van der Waals surface area contributed by atoms with Crippen molar-refractivity contribution >= 4 is 10.9 Å². The summed E-state index contributed by atoms with van der Waals surface area (Å²) < 4.78 is 2.16. The second-order valence-electron chi connectivity index (χ2n) is 4.83. The van der Waals surface area contributed by atoms with E-state index in [2.05, 4.69) is 21.7 Å². The summed E-state index contributed by atoms with van der Waals surface area (Å²) in [5, 5.41) is 10.5. The molecule has 1 N–H and O–H groups in total. The largest absolute Gasteiger partial charge is 0.392 e. The molecule has 0 fully saturated rings. The molecular weight excluding hydrogens is 236 g/mol. The van der Waals surface area contributed by atoms with Crippen molar-refractivity contribution in [3.8, 4) is 0 Å². The molecule has 1 aromatic carbocycles. The number of para-hydroxylation sites is 1. The van der Waals surface area contributed by atoms with Crippen molar-refractivity contribution < 1.29 is 5.11 Å². The molecule has 0 spiro atoms. The Hall–Kier alpha value is -2.13. The van der Waals surface area contributed by atoms with Gasteiger partial charge in [0.2, 0.25) is 0 Å². The number of aryl methyl sites for hydroxylation is 1. The Bertz CT molecular complexity index is 716.